The van der Waals surface area contributed by atoms with Crippen LogP contribution in [0.1, 0.15) is 28.9 Å². The standard InChI is InChI=1S/C22H22N2O5S/c1-3-28-21(26)18-16(13-29-20(25)15-11-7-8-12-17(15)30-2)23-22(27)24-19(18)14-9-5-4-6-10-14/h4-12,19H,3,13H2,1-2H3,(H2,23,24,27)/t19-/m0/s1. The van der Waals surface area contributed by atoms with Crippen molar-refractivity contribution in [3.8, 4) is 0 Å². The van der Waals surface area contributed by atoms with Crippen LogP contribution < -0.4 is 10.6 Å². The Labute approximate surface area is 178 Å². The molecule has 0 spiro atoms. The van der Waals surface area contributed by atoms with Crippen molar-refractivity contribution in [2.45, 2.75) is 17.9 Å². The normalized spacial score (nSPS) is 15.8. The van der Waals surface area contributed by atoms with Crippen molar-refractivity contribution < 1.29 is 23.9 Å². The van der Waals surface area contributed by atoms with Crippen LogP contribution in [0.15, 0.2) is 70.8 Å². The summed E-state index contributed by atoms with van der Waals surface area (Å²) in [5.41, 5.74) is 1.53. The predicted molar refractivity (Wildman–Crippen MR) is 113 cm³/mol. The minimum Gasteiger partial charge on any atom is -0.463 e. The number of benzene rings is 2. The molecule has 7 nitrogen and oxygen atoms in total. The molecule has 0 unspecified atom stereocenters. The van der Waals surface area contributed by atoms with Crippen LogP contribution in [0.25, 0.3) is 0 Å². The molecule has 0 bridgehead atoms. The smallest absolute Gasteiger partial charge is 0.339 e. The van der Waals surface area contributed by atoms with Gasteiger partial charge in [0.25, 0.3) is 0 Å². The van der Waals surface area contributed by atoms with Crippen LogP contribution >= 0.6 is 11.8 Å². The Kier molecular flexibility index (Phi) is 7.13. The molecule has 2 N–H and O–H groups in total. The zero-order valence-corrected chi connectivity index (χ0v) is 17.5. The molecule has 0 aliphatic carbocycles. The predicted octanol–water partition coefficient (Wildman–Crippen LogP) is 3.44. The number of esters is 2. The number of thioether (sulfide) groups is 1. The average Bonchev–Trinajstić information content (AvgIpc) is 2.77. The molecule has 0 aromatic heterocycles. The van der Waals surface area contributed by atoms with Crippen molar-refractivity contribution in [1.29, 1.82) is 0 Å². The van der Waals surface area contributed by atoms with Crippen LogP contribution in [0.3, 0.4) is 0 Å². The second-order valence-electron chi connectivity index (χ2n) is 6.33. The van der Waals surface area contributed by atoms with Crippen LogP contribution in [-0.2, 0) is 14.3 Å². The molecule has 3 rings (SSSR count). The van der Waals surface area contributed by atoms with Gasteiger partial charge < -0.3 is 20.1 Å². The summed E-state index contributed by atoms with van der Waals surface area (Å²) in [5, 5.41) is 5.32. The first-order valence-corrected chi connectivity index (χ1v) is 10.6. The third-order valence-electron chi connectivity index (χ3n) is 4.46. The van der Waals surface area contributed by atoms with Crippen molar-refractivity contribution in [1.82, 2.24) is 10.6 Å². The van der Waals surface area contributed by atoms with Crippen LogP contribution in [0.2, 0.25) is 0 Å². The summed E-state index contributed by atoms with van der Waals surface area (Å²) in [6.45, 7) is 1.60. The highest BCUT2D eigenvalue weighted by atomic mass is 32.2. The fourth-order valence-electron chi connectivity index (χ4n) is 3.11. The number of nitrogens with one attached hydrogen (secondary N) is 2. The average molecular weight is 426 g/mol. The highest BCUT2D eigenvalue weighted by Crippen LogP contribution is 2.28. The Morgan fingerprint density at radius 2 is 1.70 bits per heavy atom. The van der Waals surface area contributed by atoms with Gasteiger partial charge in [0.05, 0.1) is 29.5 Å². The second kappa shape index (κ2) is 9.98. The molecule has 1 heterocycles. The van der Waals surface area contributed by atoms with Crippen LogP contribution in [-0.4, -0.2) is 37.4 Å². The van der Waals surface area contributed by atoms with Gasteiger partial charge in [0, 0.05) is 4.90 Å². The first-order valence-electron chi connectivity index (χ1n) is 9.38. The van der Waals surface area contributed by atoms with Gasteiger partial charge in [-0.1, -0.05) is 42.5 Å². The molecule has 2 amide bonds. The summed E-state index contributed by atoms with van der Waals surface area (Å²) in [7, 11) is 0. The van der Waals surface area contributed by atoms with Crippen molar-refractivity contribution in [2.24, 2.45) is 0 Å². The van der Waals surface area contributed by atoms with E-state index in [0.29, 0.717) is 11.1 Å². The minimum absolute atomic E-state index is 0.173. The maximum absolute atomic E-state index is 12.7. The summed E-state index contributed by atoms with van der Waals surface area (Å²) in [4.78, 5) is 38.3. The highest BCUT2D eigenvalue weighted by molar-refractivity contribution is 7.98. The molecule has 0 radical (unpaired) electrons. The molecule has 8 heteroatoms. The molecule has 1 aliphatic heterocycles. The number of hydrogen-bond donors (Lipinski definition) is 2. The molecule has 0 saturated heterocycles. The number of carbonyl (C=O) groups is 3. The second-order valence-corrected chi connectivity index (χ2v) is 7.18. The van der Waals surface area contributed by atoms with Crippen LogP contribution in [0.5, 0.6) is 0 Å². The third kappa shape index (κ3) is 4.83. The zero-order chi connectivity index (χ0) is 21.5. The van der Waals surface area contributed by atoms with Gasteiger partial charge in [-0.2, -0.15) is 0 Å². The monoisotopic (exact) mass is 426 g/mol. The number of amides is 2. The van der Waals surface area contributed by atoms with E-state index in [4.69, 9.17) is 9.47 Å². The van der Waals surface area contributed by atoms with E-state index in [1.807, 2.05) is 36.6 Å². The third-order valence-corrected chi connectivity index (χ3v) is 5.25. The number of urea groups is 1. The fraction of sp³-hybridized carbons (Fsp3) is 0.227. The summed E-state index contributed by atoms with van der Waals surface area (Å²) >= 11 is 1.43. The van der Waals surface area contributed by atoms with Gasteiger partial charge in [-0.25, -0.2) is 14.4 Å². The summed E-state index contributed by atoms with van der Waals surface area (Å²) in [6, 6.07) is 14.9. The van der Waals surface area contributed by atoms with E-state index >= 15 is 0 Å². The fourth-order valence-corrected chi connectivity index (χ4v) is 3.69. The molecule has 30 heavy (non-hydrogen) atoms. The van der Waals surface area contributed by atoms with Crippen LogP contribution in [0, 0.1) is 0 Å². The summed E-state index contributed by atoms with van der Waals surface area (Å²) in [5.74, 6) is -1.13. The van der Waals surface area contributed by atoms with E-state index in [1.54, 1.807) is 31.2 Å². The Morgan fingerprint density at radius 3 is 2.40 bits per heavy atom. The lowest BCUT2D eigenvalue weighted by molar-refractivity contribution is -0.139. The van der Waals surface area contributed by atoms with E-state index in [0.717, 1.165) is 4.90 Å². The molecule has 1 atom stereocenters. The molecule has 0 fully saturated rings. The molecule has 1 aliphatic rings. The van der Waals surface area contributed by atoms with Crippen molar-refractivity contribution >= 4 is 29.7 Å². The van der Waals surface area contributed by atoms with E-state index in [-0.39, 0.29) is 24.5 Å². The van der Waals surface area contributed by atoms with E-state index in [1.165, 1.54) is 11.8 Å². The van der Waals surface area contributed by atoms with Crippen molar-refractivity contribution in [3.63, 3.8) is 0 Å². The minimum atomic E-state index is -0.716. The Balaban J connectivity index is 1.92. The lowest BCUT2D eigenvalue weighted by atomic mass is 9.95. The van der Waals surface area contributed by atoms with E-state index in [9.17, 15) is 14.4 Å². The maximum Gasteiger partial charge on any atom is 0.339 e. The Hall–Kier alpha value is -3.26. The molecule has 2 aromatic rings. The first-order chi connectivity index (χ1) is 14.5. The van der Waals surface area contributed by atoms with Crippen molar-refractivity contribution in [3.05, 3.63) is 77.0 Å². The lowest BCUT2D eigenvalue weighted by Crippen LogP contribution is -2.47. The van der Waals surface area contributed by atoms with E-state index < -0.39 is 24.0 Å². The highest BCUT2D eigenvalue weighted by Gasteiger charge is 2.34. The first kappa shape index (κ1) is 21.4. The largest absolute Gasteiger partial charge is 0.463 e. The quantitative estimate of drug-likeness (QED) is 0.520. The molecular weight excluding hydrogens is 404 g/mol. The molecule has 2 aromatic carbocycles. The van der Waals surface area contributed by atoms with Gasteiger partial charge in [0.2, 0.25) is 0 Å². The van der Waals surface area contributed by atoms with Gasteiger partial charge in [0.1, 0.15) is 6.61 Å². The number of rotatable bonds is 7. The van der Waals surface area contributed by atoms with Gasteiger partial charge in [0.15, 0.2) is 0 Å². The van der Waals surface area contributed by atoms with Gasteiger partial charge in [-0.3, -0.25) is 0 Å². The SMILES string of the molecule is CCOC(=O)C1=C(COC(=O)c2ccccc2SC)NC(=O)N[C@H]1c1ccccc1. The molecular formula is C22H22N2O5S. The van der Waals surface area contributed by atoms with Crippen LogP contribution in [0.4, 0.5) is 4.79 Å². The topological polar surface area (TPSA) is 93.7 Å². The Morgan fingerprint density at radius 1 is 1.00 bits per heavy atom. The zero-order valence-electron chi connectivity index (χ0n) is 16.6. The van der Waals surface area contributed by atoms with Crippen molar-refractivity contribution in [2.75, 3.05) is 19.5 Å². The van der Waals surface area contributed by atoms with E-state index in [2.05, 4.69) is 10.6 Å². The summed E-state index contributed by atoms with van der Waals surface area (Å²) < 4.78 is 10.6. The lowest BCUT2D eigenvalue weighted by Gasteiger charge is -2.29. The van der Waals surface area contributed by atoms with Gasteiger partial charge in [-0.05, 0) is 30.9 Å². The van der Waals surface area contributed by atoms with Gasteiger partial charge in [-0.15, -0.1) is 11.8 Å². The molecule has 0 saturated carbocycles. The number of ether oxygens (including phenoxy) is 2. The molecule has 156 valence electrons. The number of hydrogen-bond acceptors (Lipinski definition) is 6. The Bertz CT molecular complexity index is 975. The van der Waals surface area contributed by atoms with Gasteiger partial charge >= 0.3 is 18.0 Å². The number of carbonyl (C=O) groups excluding carboxylic acids is 3. The summed E-state index contributed by atoms with van der Waals surface area (Å²) in [6.07, 6.45) is 1.87. The maximum atomic E-state index is 12.7.